The first-order valence-electron chi connectivity index (χ1n) is 5.90. The molecule has 22 heavy (non-hydrogen) atoms. The molecule has 0 spiro atoms. The van der Waals surface area contributed by atoms with Gasteiger partial charge >= 0.3 is 6.18 Å². The molecule has 0 radical (unpaired) electrons. The van der Waals surface area contributed by atoms with Crippen LogP contribution < -0.4 is 10.1 Å². The first-order chi connectivity index (χ1) is 10.3. The molecule has 0 aliphatic heterocycles. The van der Waals surface area contributed by atoms with Crippen LogP contribution in [0, 0.1) is 0 Å². The van der Waals surface area contributed by atoms with Crippen LogP contribution in [-0.2, 0) is 17.5 Å². The second-order valence-corrected chi connectivity index (χ2v) is 4.55. The SMILES string of the molecule is COc1cc(NC(=O)Cn2ccc(C(F)(F)F)n2)cc(Cl)n1. The van der Waals surface area contributed by atoms with E-state index in [1.165, 1.54) is 19.2 Å². The zero-order valence-electron chi connectivity index (χ0n) is 11.2. The number of rotatable bonds is 4. The number of pyridine rings is 1. The van der Waals surface area contributed by atoms with Gasteiger partial charge in [0.1, 0.15) is 11.7 Å². The number of nitrogens with zero attached hydrogens (tertiary/aromatic N) is 3. The lowest BCUT2D eigenvalue weighted by atomic mass is 10.4. The number of carbonyl (C=O) groups is 1. The Kier molecular flexibility index (Phi) is 4.55. The van der Waals surface area contributed by atoms with Crippen molar-refractivity contribution in [2.75, 3.05) is 12.4 Å². The van der Waals surface area contributed by atoms with Crippen LogP contribution in [0.15, 0.2) is 24.4 Å². The Labute approximate surface area is 127 Å². The largest absolute Gasteiger partial charge is 0.481 e. The molecule has 6 nitrogen and oxygen atoms in total. The molecule has 0 fully saturated rings. The van der Waals surface area contributed by atoms with Gasteiger partial charge in [-0.25, -0.2) is 4.98 Å². The van der Waals surface area contributed by atoms with Gasteiger partial charge in [0.15, 0.2) is 5.69 Å². The van der Waals surface area contributed by atoms with Gasteiger partial charge in [0.05, 0.1) is 7.11 Å². The summed E-state index contributed by atoms with van der Waals surface area (Å²) in [4.78, 5) is 15.6. The number of amides is 1. The van der Waals surface area contributed by atoms with Crippen molar-refractivity contribution in [2.45, 2.75) is 12.7 Å². The van der Waals surface area contributed by atoms with E-state index in [-0.39, 0.29) is 17.6 Å². The van der Waals surface area contributed by atoms with Crippen LogP contribution in [0.3, 0.4) is 0 Å². The number of nitrogens with one attached hydrogen (secondary N) is 1. The maximum absolute atomic E-state index is 12.4. The van der Waals surface area contributed by atoms with E-state index in [4.69, 9.17) is 16.3 Å². The van der Waals surface area contributed by atoms with E-state index in [0.29, 0.717) is 5.69 Å². The van der Waals surface area contributed by atoms with Crippen molar-refractivity contribution in [3.63, 3.8) is 0 Å². The van der Waals surface area contributed by atoms with E-state index < -0.39 is 17.8 Å². The first-order valence-corrected chi connectivity index (χ1v) is 6.28. The highest BCUT2D eigenvalue weighted by molar-refractivity contribution is 6.29. The van der Waals surface area contributed by atoms with Crippen LogP contribution in [0.25, 0.3) is 0 Å². The van der Waals surface area contributed by atoms with Gasteiger partial charge in [0.25, 0.3) is 0 Å². The standard InChI is InChI=1S/C12H10ClF3N4O2/c1-22-11-5-7(4-9(13)18-11)17-10(21)6-20-3-2-8(19-20)12(14,15)16/h2-5H,6H2,1H3,(H,17,18,21). The van der Waals surface area contributed by atoms with Crippen LogP contribution in [-0.4, -0.2) is 27.8 Å². The van der Waals surface area contributed by atoms with E-state index in [1.54, 1.807) is 0 Å². The molecule has 2 aromatic heterocycles. The molecule has 118 valence electrons. The summed E-state index contributed by atoms with van der Waals surface area (Å²) >= 11 is 5.74. The van der Waals surface area contributed by atoms with E-state index in [1.807, 2.05) is 0 Å². The fourth-order valence-corrected chi connectivity index (χ4v) is 1.80. The van der Waals surface area contributed by atoms with E-state index in [0.717, 1.165) is 16.9 Å². The molecule has 0 atom stereocenters. The van der Waals surface area contributed by atoms with Crippen LogP contribution in [0.4, 0.5) is 18.9 Å². The van der Waals surface area contributed by atoms with Gasteiger partial charge in [-0.15, -0.1) is 0 Å². The molecule has 2 rings (SSSR count). The van der Waals surface area contributed by atoms with Crippen molar-refractivity contribution in [3.05, 3.63) is 35.2 Å². The summed E-state index contributed by atoms with van der Waals surface area (Å²) < 4.78 is 43.0. The fraction of sp³-hybridized carbons (Fsp3) is 0.250. The fourth-order valence-electron chi connectivity index (χ4n) is 1.60. The lowest BCUT2D eigenvalue weighted by molar-refractivity contribution is -0.141. The van der Waals surface area contributed by atoms with Crippen LogP contribution in [0.5, 0.6) is 5.88 Å². The number of alkyl halides is 3. The predicted molar refractivity (Wildman–Crippen MR) is 71.7 cm³/mol. The van der Waals surface area contributed by atoms with Gasteiger partial charge < -0.3 is 10.1 Å². The van der Waals surface area contributed by atoms with Crippen molar-refractivity contribution >= 4 is 23.2 Å². The molecule has 0 aliphatic rings. The molecule has 0 saturated heterocycles. The maximum atomic E-state index is 12.4. The number of anilines is 1. The monoisotopic (exact) mass is 334 g/mol. The molecule has 0 unspecified atom stereocenters. The van der Waals surface area contributed by atoms with E-state index in [2.05, 4.69) is 15.4 Å². The normalized spacial score (nSPS) is 11.3. The van der Waals surface area contributed by atoms with Gasteiger partial charge in [0.2, 0.25) is 11.8 Å². The maximum Gasteiger partial charge on any atom is 0.435 e. The van der Waals surface area contributed by atoms with Crippen molar-refractivity contribution in [1.82, 2.24) is 14.8 Å². The summed E-state index contributed by atoms with van der Waals surface area (Å²) in [5.41, 5.74) is -0.751. The zero-order chi connectivity index (χ0) is 16.3. The molecule has 0 bridgehead atoms. The van der Waals surface area contributed by atoms with Crippen molar-refractivity contribution in [3.8, 4) is 5.88 Å². The average Bonchev–Trinajstić information content (AvgIpc) is 2.86. The summed E-state index contributed by atoms with van der Waals surface area (Å²) in [7, 11) is 1.38. The second kappa shape index (κ2) is 6.22. The Morgan fingerprint density at radius 3 is 2.77 bits per heavy atom. The number of halogens is 4. The minimum Gasteiger partial charge on any atom is -0.481 e. The van der Waals surface area contributed by atoms with Gasteiger partial charge in [-0.3, -0.25) is 9.48 Å². The Bertz CT molecular complexity index is 687. The third-order valence-corrected chi connectivity index (χ3v) is 2.69. The zero-order valence-corrected chi connectivity index (χ0v) is 11.9. The van der Waals surface area contributed by atoms with Gasteiger partial charge in [-0.05, 0) is 12.1 Å². The number of carbonyl (C=O) groups excluding carboxylic acids is 1. The molecule has 1 amide bonds. The average molecular weight is 335 g/mol. The highest BCUT2D eigenvalue weighted by Crippen LogP contribution is 2.27. The highest BCUT2D eigenvalue weighted by Gasteiger charge is 2.33. The summed E-state index contributed by atoms with van der Waals surface area (Å²) in [6, 6.07) is 3.60. The van der Waals surface area contributed by atoms with Gasteiger partial charge in [0, 0.05) is 18.0 Å². The van der Waals surface area contributed by atoms with E-state index in [9.17, 15) is 18.0 Å². The summed E-state index contributed by atoms with van der Waals surface area (Å²) in [6.07, 6.45) is -3.48. The third-order valence-electron chi connectivity index (χ3n) is 2.50. The van der Waals surface area contributed by atoms with Crippen molar-refractivity contribution in [2.24, 2.45) is 0 Å². The smallest absolute Gasteiger partial charge is 0.435 e. The summed E-state index contributed by atoms with van der Waals surface area (Å²) in [5.74, 6) is -0.373. The second-order valence-electron chi connectivity index (χ2n) is 4.17. The lowest BCUT2D eigenvalue weighted by Crippen LogP contribution is -2.20. The quantitative estimate of drug-likeness (QED) is 0.873. The molecule has 10 heteroatoms. The van der Waals surface area contributed by atoms with Crippen molar-refractivity contribution < 1.29 is 22.7 Å². The van der Waals surface area contributed by atoms with Gasteiger partial charge in [-0.1, -0.05) is 11.6 Å². The minimum absolute atomic E-state index is 0.105. The molecular formula is C12H10ClF3N4O2. The Hall–Kier alpha value is -2.29. The summed E-state index contributed by atoms with van der Waals surface area (Å²) in [5, 5.41) is 5.86. The van der Waals surface area contributed by atoms with E-state index >= 15 is 0 Å². The topological polar surface area (TPSA) is 69.0 Å². The van der Waals surface area contributed by atoms with Gasteiger partial charge in [-0.2, -0.15) is 18.3 Å². The number of hydrogen-bond acceptors (Lipinski definition) is 4. The Morgan fingerprint density at radius 2 is 2.18 bits per heavy atom. The number of ether oxygens (including phenoxy) is 1. The number of aromatic nitrogens is 3. The molecule has 1 N–H and O–H groups in total. The molecule has 0 saturated carbocycles. The van der Waals surface area contributed by atoms with Crippen LogP contribution >= 0.6 is 11.6 Å². The molecular weight excluding hydrogens is 325 g/mol. The number of hydrogen-bond donors (Lipinski definition) is 1. The molecule has 2 heterocycles. The molecule has 0 aromatic carbocycles. The minimum atomic E-state index is -4.55. The molecule has 2 aromatic rings. The predicted octanol–water partition coefficient (Wildman–Crippen LogP) is 2.60. The Balaban J connectivity index is 2.04. The summed E-state index contributed by atoms with van der Waals surface area (Å²) in [6.45, 7) is -0.377. The lowest BCUT2D eigenvalue weighted by Gasteiger charge is -2.07. The third kappa shape index (κ3) is 4.10. The Morgan fingerprint density at radius 1 is 1.45 bits per heavy atom. The highest BCUT2D eigenvalue weighted by atomic mass is 35.5. The van der Waals surface area contributed by atoms with Crippen LogP contribution in [0.1, 0.15) is 5.69 Å². The van der Waals surface area contributed by atoms with Crippen LogP contribution in [0.2, 0.25) is 5.15 Å². The first kappa shape index (κ1) is 16.1. The molecule has 0 aliphatic carbocycles. The van der Waals surface area contributed by atoms with Crippen molar-refractivity contribution in [1.29, 1.82) is 0 Å². The number of methoxy groups -OCH3 is 1.